The fourth-order valence-corrected chi connectivity index (χ4v) is 0.489. The van der Waals surface area contributed by atoms with Crippen LogP contribution in [-0.4, -0.2) is 37.7 Å². The van der Waals surface area contributed by atoms with Gasteiger partial charge in [0.1, 0.15) is 6.17 Å². The van der Waals surface area contributed by atoms with Crippen molar-refractivity contribution in [1.82, 2.24) is 4.90 Å². The molecule has 60 valence electrons. The standard InChI is InChI=1S/C6H12FNO2.Na/c1-8(2)4-3-5(7)6(9)10;/h5H,3-4H2,1-2H3,(H,9,10);/q;+1/p-1/t5-;/m1./s1. The Kier molecular flexibility index (Phi) is 8.90. The maximum absolute atomic E-state index is 12.2. The SMILES string of the molecule is CN(C)CC[C@@H](F)C(=O)[O-].[Na+]. The Hall–Kier alpha value is 0.360. The van der Waals surface area contributed by atoms with Gasteiger partial charge in [-0.3, -0.25) is 0 Å². The topological polar surface area (TPSA) is 43.4 Å². The van der Waals surface area contributed by atoms with Gasteiger partial charge in [-0.2, -0.15) is 0 Å². The molecule has 0 aliphatic carbocycles. The molecule has 0 aromatic heterocycles. The third-order valence-electron chi connectivity index (χ3n) is 1.09. The average Bonchev–Trinajstić information content (AvgIpc) is 1.82. The monoisotopic (exact) mass is 171 g/mol. The molecule has 5 heteroatoms. The molecule has 0 amide bonds. The van der Waals surface area contributed by atoms with Crippen molar-refractivity contribution < 1.29 is 43.8 Å². The Balaban J connectivity index is 0. The van der Waals surface area contributed by atoms with Gasteiger partial charge in [0.25, 0.3) is 0 Å². The van der Waals surface area contributed by atoms with Crippen LogP contribution < -0.4 is 34.7 Å². The van der Waals surface area contributed by atoms with Crippen molar-refractivity contribution in [2.75, 3.05) is 20.6 Å². The van der Waals surface area contributed by atoms with Gasteiger partial charge in [0.2, 0.25) is 0 Å². The molecule has 0 aliphatic rings. The van der Waals surface area contributed by atoms with Gasteiger partial charge in [-0.25, -0.2) is 4.39 Å². The van der Waals surface area contributed by atoms with Crippen LogP contribution in [0.5, 0.6) is 0 Å². The van der Waals surface area contributed by atoms with E-state index in [4.69, 9.17) is 0 Å². The zero-order valence-corrected chi connectivity index (χ0v) is 9.13. The Bertz CT molecular complexity index is 121. The number of halogens is 1. The van der Waals surface area contributed by atoms with Gasteiger partial charge in [0.05, 0.1) is 5.97 Å². The molecule has 0 aliphatic heterocycles. The summed E-state index contributed by atoms with van der Waals surface area (Å²) in [5, 5.41) is 9.81. The summed E-state index contributed by atoms with van der Waals surface area (Å²) in [5.41, 5.74) is 0. The normalized spacial score (nSPS) is 12.4. The Morgan fingerprint density at radius 3 is 2.36 bits per heavy atom. The third-order valence-corrected chi connectivity index (χ3v) is 1.09. The van der Waals surface area contributed by atoms with Crippen molar-refractivity contribution in [3.05, 3.63) is 0 Å². The summed E-state index contributed by atoms with van der Waals surface area (Å²) in [5.74, 6) is -1.62. The van der Waals surface area contributed by atoms with Gasteiger partial charge >= 0.3 is 29.6 Å². The van der Waals surface area contributed by atoms with Crippen molar-refractivity contribution in [3.63, 3.8) is 0 Å². The maximum Gasteiger partial charge on any atom is 1.00 e. The number of carboxylic acid groups (broad SMARTS) is 1. The van der Waals surface area contributed by atoms with E-state index in [2.05, 4.69) is 0 Å². The summed E-state index contributed by atoms with van der Waals surface area (Å²) in [6, 6.07) is 0. The minimum absolute atomic E-state index is 0. The molecule has 0 heterocycles. The molecule has 0 unspecified atom stereocenters. The van der Waals surface area contributed by atoms with Gasteiger partial charge in [0.15, 0.2) is 0 Å². The van der Waals surface area contributed by atoms with Crippen LogP contribution in [0.1, 0.15) is 6.42 Å². The summed E-state index contributed by atoms with van der Waals surface area (Å²) >= 11 is 0. The van der Waals surface area contributed by atoms with E-state index >= 15 is 0 Å². The van der Waals surface area contributed by atoms with E-state index in [-0.39, 0.29) is 36.0 Å². The van der Waals surface area contributed by atoms with Crippen LogP contribution in [0.4, 0.5) is 4.39 Å². The van der Waals surface area contributed by atoms with E-state index in [1.165, 1.54) is 0 Å². The summed E-state index contributed by atoms with van der Waals surface area (Å²) in [7, 11) is 3.50. The fourth-order valence-electron chi connectivity index (χ4n) is 0.489. The summed E-state index contributed by atoms with van der Waals surface area (Å²) < 4.78 is 12.2. The van der Waals surface area contributed by atoms with Gasteiger partial charge in [-0.05, 0) is 20.5 Å². The van der Waals surface area contributed by atoms with Crippen LogP contribution in [0, 0.1) is 0 Å². The number of carboxylic acids is 1. The molecule has 11 heavy (non-hydrogen) atoms. The van der Waals surface area contributed by atoms with Crippen molar-refractivity contribution in [2.45, 2.75) is 12.6 Å². The summed E-state index contributed by atoms with van der Waals surface area (Å²) in [4.78, 5) is 11.5. The van der Waals surface area contributed by atoms with E-state index in [0.29, 0.717) is 6.54 Å². The second kappa shape index (κ2) is 7.03. The minimum Gasteiger partial charge on any atom is -0.547 e. The molecule has 3 nitrogen and oxygen atoms in total. The molecule has 0 aromatic carbocycles. The number of carbonyl (C=O) groups is 1. The number of hydrogen-bond donors (Lipinski definition) is 0. The molecule has 0 radical (unpaired) electrons. The second-order valence-corrected chi connectivity index (χ2v) is 2.38. The molecule has 0 aromatic rings. The van der Waals surface area contributed by atoms with E-state index in [0.717, 1.165) is 0 Å². The van der Waals surface area contributed by atoms with Crippen LogP contribution >= 0.6 is 0 Å². The Morgan fingerprint density at radius 2 is 2.09 bits per heavy atom. The summed E-state index contributed by atoms with van der Waals surface area (Å²) in [6.07, 6.45) is -1.84. The second-order valence-electron chi connectivity index (χ2n) is 2.38. The van der Waals surface area contributed by atoms with Crippen molar-refractivity contribution in [2.24, 2.45) is 0 Å². The Labute approximate surface area is 87.9 Å². The van der Waals surface area contributed by atoms with Crippen molar-refractivity contribution >= 4 is 5.97 Å². The zero-order chi connectivity index (χ0) is 8.15. The average molecular weight is 171 g/mol. The molecular weight excluding hydrogens is 160 g/mol. The molecule has 0 bridgehead atoms. The number of hydrogen-bond acceptors (Lipinski definition) is 3. The number of alkyl halides is 1. The Morgan fingerprint density at radius 1 is 1.64 bits per heavy atom. The van der Waals surface area contributed by atoms with Crippen molar-refractivity contribution in [3.8, 4) is 0 Å². The molecule has 0 saturated heterocycles. The van der Waals surface area contributed by atoms with E-state index in [1.807, 2.05) is 0 Å². The number of nitrogens with zero attached hydrogens (tertiary/aromatic N) is 1. The van der Waals surface area contributed by atoms with Crippen LogP contribution in [0.2, 0.25) is 0 Å². The molecule has 0 rings (SSSR count). The molecule has 0 N–H and O–H groups in total. The first-order chi connectivity index (χ1) is 4.54. The first-order valence-electron chi connectivity index (χ1n) is 3.03. The maximum atomic E-state index is 12.2. The molecule has 0 saturated carbocycles. The first-order valence-corrected chi connectivity index (χ1v) is 3.03. The number of carbonyl (C=O) groups excluding carboxylic acids is 1. The predicted molar refractivity (Wildman–Crippen MR) is 33.1 cm³/mol. The molecule has 0 fully saturated rings. The molecular formula is C6H11FNNaO2. The zero-order valence-electron chi connectivity index (χ0n) is 7.13. The number of aliphatic carboxylic acids is 1. The molecule has 1 atom stereocenters. The predicted octanol–water partition coefficient (Wildman–Crippen LogP) is -3.97. The van der Waals surface area contributed by atoms with E-state index in [1.54, 1.807) is 19.0 Å². The summed E-state index contributed by atoms with van der Waals surface area (Å²) in [6.45, 7) is 0.426. The largest absolute Gasteiger partial charge is 1.00 e. The van der Waals surface area contributed by atoms with Crippen LogP contribution in [0.15, 0.2) is 0 Å². The smallest absolute Gasteiger partial charge is 0.547 e. The number of rotatable bonds is 4. The quantitative estimate of drug-likeness (QED) is 0.405. The minimum atomic E-state index is -1.83. The van der Waals surface area contributed by atoms with Gasteiger partial charge < -0.3 is 14.8 Å². The van der Waals surface area contributed by atoms with Gasteiger partial charge in [-0.15, -0.1) is 0 Å². The van der Waals surface area contributed by atoms with Crippen molar-refractivity contribution in [1.29, 1.82) is 0 Å². The molecule has 0 spiro atoms. The van der Waals surface area contributed by atoms with Gasteiger partial charge in [0, 0.05) is 6.54 Å². The van der Waals surface area contributed by atoms with E-state index < -0.39 is 12.1 Å². The fraction of sp³-hybridized carbons (Fsp3) is 0.833. The van der Waals surface area contributed by atoms with Crippen LogP contribution in [0.25, 0.3) is 0 Å². The van der Waals surface area contributed by atoms with Crippen LogP contribution in [0.3, 0.4) is 0 Å². The first kappa shape index (κ1) is 13.9. The van der Waals surface area contributed by atoms with Crippen LogP contribution in [-0.2, 0) is 4.79 Å². The van der Waals surface area contributed by atoms with Gasteiger partial charge in [-0.1, -0.05) is 0 Å². The third kappa shape index (κ3) is 8.26. The van der Waals surface area contributed by atoms with E-state index in [9.17, 15) is 14.3 Å².